The maximum atomic E-state index is 12.8. The number of ketones is 1. The number of aliphatic hydroxyl groups excluding tert-OH is 1. The van der Waals surface area contributed by atoms with Crippen LogP contribution < -0.4 is 0 Å². The van der Waals surface area contributed by atoms with E-state index in [0.29, 0.717) is 52.8 Å². The molecule has 0 radical (unpaired) electrons. The first-order valence-electron chi connectivity index (χ1n) is 13.1. The predicted molar refractivity (Wildman–Crippen MR) is 129 cm³/mol. The fraction of sp³-hybridized carbons (Fsp3) is 0.828. The molecule has 31 heavy (non-hydrogen) atoms. The lowest BCUT2D eigenvalue weighted by Crippen LogP contribution is -2.52. The van der Waals surface area contributed by atoms with Gasteiger partial charge < -0.3 is 5.11 Å². The summed E-state index contributed by atoms with van der Waals surface area (Å²) >= 11 is 0. The molecule has 0 heterocycles. The van der Waals surface area contributed by atoms with Gasteiger partial charge in [-0.2, -0.15) is 0 Å². The van der Waals surface area contributed by atoms with Gasteiger partial charge >= 0.3 is 0 Å². The van der Waals surface area contributed by atoms with Gasteiger partial charge in [-0.05, 0) is 103 Å². The molecule has 3 saturated carbocycles. The van der Waals surface area contributed by atoms with E-state index in [1.54, 1.807) is 5.57 Å². The molecule has 0 saturated heterocycles. The summed E-state index contributed by atoms with van der Waals surface area (Å²) in [6, 6.07) is 0. The Labute approximate surface area is 191 Å². The van der Waals surface area contributed by atoms with Crippen molar-refractivity contribution in [2.45, 2.75) is 99.0 Å². The van der Waals surface area contributed by atoms with Crippen molar-refractivity contribution in [3.63, 3.8) is 0 Å². The molecule has 4 aliphatic carbocycles. The van der Waals surface area contributed by atoms with Crippen LogP contribution in [0.1, 0.15) is 92.9 Å². The highest BCUT2D eigenvalue weighted by molar-refractivity contribution is 5.95. The normalized spacial score (nSPS) is 45.4. The fourth-order valence-electron chi connectivity index (χ4n) is 8.81. The molecule has 0 amide bonds. The predicted octanol–water partition coefficient (Wildman–Crippen LogP) is 6.98. The third-order valence-corrected chi connectivity index (χ3v) is 10.9. The molecule has 0 aliphatic heterocycles. The summed E-state index contributed by atoms with van der Waals surface area (Å²) in [5.74, 6) is 4.06. The first-order valence-corrected chi connectivity index (χ1v) is 13.1. The topological polar surface area (TPSA) is 37.3 Å². The van der Waals surface area contributed by atoms with Gasteiger partial charge in [-0.3, -0.25) is 4.79 Å². The minimum absolute atomic E-state index is 0.114. The summed E-state index contributed by atoms with van der Waals surface area (Å²) in [6.45, 7) is 17.9. The average Bonchev–Trinajstić information content (AvgIpc) is 3.07. The van der Waals surface area contributed by atoms with E-state index in [2.05, 4.69) is 54.2 Å². The number of fused-ring (bicyclic) bond motifs is 5. The van der Waals surface area contributed by atoms with Gasteiger partial charge in [0.2, 0.25) is 0 Å². The number of allylic oxidation sites excluding steroid dienone is 3. The summed E-state index contributed by atoms with van der Waals surface area (Å²) in [7, 11) is 0. The molecule has 0 aromatic carbocycles. The smallest absolute Gasteiger partial charge is 0.158 e. The molecule has 1 unspecified atom stereocenters. The van der Waals surface area contributed by atoms with E-state index >= 15 is 0 Å². The molecule has 3 fully saturated rings. The lowest BCUT2D eigenvalue weighted by atomic mass is 9.46. The number of aliphatic hydroxyl groups is 1. The zero-order chi connectivity index (χ0) is 22.7. The van der Waals surface area contributed by atoms with Crippen molar-refractivity contribution in [2.75, 3.05) is 0 Å². The lowest BCUT2D eigenvalue weighted by Gasteiger charge is -2.59. The van der Waals surface area contributed by atoms with Gasteiger partial charge in [-0.1, -0.05) is 59.8 Å². The molecular formula is C29H46O2. The molecule has 0 spiro atoms. The molecule has 0 aromatic heterocycles. The highest BCUT2D eigenvalue weighted by atomic mass is 16.3. The van der Waals surface area contributed by atoms with Crippen LogP contribution in [-0.2, 0) is 4.79 Å². The van der Waals surface area contributed by atoms with Crippen LogP contribution in [0.5, 0.6) is 0 Å². The largest absolute Gasteiger partial charge is 0.393 e. The Bertz CT molecular complexity index is 763. The summed E-state index contributed by atoms with van der Waals surface area (Å²) in [5.41, 5.74) is 3.27. The van der Waals surface area contributed by atoms with Crippen LogP contribution >= 0.6 is 0 Å². The van der Waals surface area contributed by atoms with Crippen molar-refractivity contribution in [3.8, 4) is 0 Å². The first-order chi connectivity index (χ1) is 14.5. The second kappa shape index (κ2) is 8.15. The Morgan fingerprint density at radius 2 is 1.74 bits per heavy atom. The third-order valence-electron chi connectivity index (χ3n) is 10.9. The molecule has 0 aromatic rings. The Hall–Kier alpha value is -0.890. The molecular weight excluding hydrogens is 380 g/mol. The SMILES string of the molecule is C=C(C(=O)C[C@@H](C)[C@H]1CC[C@H]2C3=CCC4[C@H](C)[C@@H](O)CC[C@]4(C)[C@H]3CC[C@]12C)C(C)C. The minimum atomic E-state index is -0.114. The second-order valence-corrected chi connectivity index (χ2v) is 12.6. The highest BCUT2D eigenvalue weighted by Crippen LogP contribution is 2.67. The molecule has 4 rings (SSSR count). The van der Waals surface area contributed by atoms with Crippen LogP contribution in [0.3, 0.4) is 0 Å². The molecule has 2 nitrogen and oxygen atoms in total. The second-order valence-electron chi connectivity index (χ2n) is 12.6. The van der Waals surface area contributed by atoms with Gasteiger partial charge in [0.05, 0.1) is 6.10 Å². The molecule has 1 N–H and O–H groups in total. The van der Waals surface area contributed by atoms with E-state index in [1.807, 2.05) is 0 Å². The highest BCUT2D eigenvalue weighted by Gasteiger charge is 2.59. The fourth-order valence-corrected chi connectivity index (χ4v) is 8.81. The van der Waals surface area contributed by atoms with Gasteiger partial charge in [-0.25, -0.2) is 0 Å². The minimum Gasteiger partial charge on any atom is -0.393 e. The number of carbonyl (C=O) groups is 1. The maximum Gasteiger partial charge on any atom is 0.158 e. The average molecular weight is 427 g/mol. The van der Waals surface area contributed by atoms with Gasteiger partial charge in [-0.15, -0.1) is 0 Å². The van der Waals surface area contributed by atoms with Crippen molar-refractivity contribution in [3.05, 3.63) is 23.8 Å². The van der Waals surface area contributed by atoms with Crippen molar-refractivity contribution >= 4 is 5.78 Å². The van der Waals surface area contributed by atoms with E-state index in [9.17, 15) is 9.90 Å². The zero-order valence-corrected chi connectivity index (χ0v) is 20.9. The van der Waals surface area contributed by atoms with E-state index in [-0.39, 0.29) is 17.8 Å². The number of Topliss-reactive ketones (excluding diaryl/α,β-unsaturated/α-hetero) is 1. The van der Waals surface area contributed by atoms with Crippen LogP contribution in [0, 0.1) is 52.3 Å². The summed E-state index contributed by atoms with van der Waals surface area (Å²) < 4.78 is 0. The van der Waals surface area contributed by atoms with Gasteiger partial charge in [0.15, 0.2) is 5.78 Å². The van der Waals surface area contributed by atoms with Crippen LogP contribution in [0.15, 0.2) is 23.8 Å². The van der Waals surface area contributed by atoms with E-state index in [0.717, 1.165) is 18.4 Å². The van der Waals surface area contributed by atoms with Crippen LogP contribution in [0.25, 0.3) is 0 Å². The Balaban J connectivity index is 1.54. The van der Waals surface area contributed by atoms with Gasteiger partial charge in [0, 0.05) is 6.42 Å². The molecule has 174 valence electrons. The Kier molecular flexibility index (Phi) is 6.12. The summed E-state index contributed by atoms with van der Waals surface area (Å²) in [6.07, 6.45) is 11.6. The van der Waals surface area contributed by atoms with E-state index in [1.165, 1.54) is 32.1 Å². The number of hydrogen-bond donors (Lipinski definition) is 1. The summed E-state index contributed by atoms with van der Waals surface area (Å²) in [4.78, 5) is 12.8. The number of rotatable bonds is 5. The third kappa shape index (κ3) is 3.60. The van der Waals surface area contributed by atoms with E-state index in [4.69, 9.17) is 0 Å². The van der Waals surface area contributed by atoms with Crippen LogP contribution in [0.2, 0.25) is 0 Å². The standard InChI is InChI=1S/C29H46O2/c1-17(2)19(4)27(31)16-18(3)22-10-11-24-21-8-9-23-20(5)26(30)13-15-29(23,7)25(21)12-14-28(22,24)6/h8,17-18,20,22-26,30H,4,9-16H2,1-3,5-7H3/t18-,20+,22-,23?,24+,25+,26+,28-,29+/m1/s1. The number of carbonyl (C=O) groups excluding carboxylic acids is 1. The maximum absolute atomic E-state index is 12.8. The molecule has 2 heteroatoms. The monoisotopic (exact) mass is 426 g/mol. The van der Waals surface area contributed by atoms with Crippen molar-refractivity contribution in [1.82, 2.24) is 0 Å². The van der Waals surface area contributed by atoms with Crippen molar-refractivity contribution in [2.24, 2.45) is 52.3 Å². The molecule has 4 aliphatic rings. The quantitative estimate of drug-likeness (QED) is 0.380. The van der Waals surface area contributed by atoms with Gasteiger partial charge in [0.1, 0.15) is 0 Å². The van der Waals surface area contributed by atoms with E-state index < -0.39 is 0 Å². The van der Waals surface area contributed by atoms with Crippen LogP contribution in [-0.4, -0.2) is 17.0 Å². The zero-order valence-electron chi connectivity index (χ0n) is 20.9. The van der Waals surface area contributed by atoms with Crippen molar-refractivity contribution < 1.29 is 9.90 Å². The Morgan fingerprint density at radius 1 is 1.10 bits per heavy atom. The Morgan fingerprint density at radius 3 is 2.42 bits per heavy atom. The summed E-state index contributed by atoms with van der Waals surface area (Å²) in [5, 5.41) is 10.5. The molecule has 9 atom stereocenters. The lowest BCUT2D eigenvalue weighted by molar-refractivity contribution is -0.117. The molecule has 0 bridgehead atoms. The van der Waals surface area contributed by atoms with Gasteiger partial charge in [0.25, 0.3) is 0 Å². The first kappa shape index (κ1) is 23.3. The van der Waals surface area contributed by atoms with Crippen molar-refractivity contribution in [1.29, 1.82) is 0 Å². The van der Waals surface area contributed by atoms with Crippen LogP contribution in [0.4, 0.5) is 0 Å². The number of hydrogen-bond acceptors (Lipinski definition) is 2.